The number of nitrogens with one attached hydrogen (secondary N) is 2. The van der Waals surface area contributed by atoms with E-state index in [1.165, 1.54) is 5.56 Å². The highest BCUT2D eigenvalue weighted by atomic mass is 16.5. The number of nitrogens with zero attached hydrogens (tertiary/aromatic N) is 2. The first kappa shape index (κ1) is 20.5. The van der Waals surface area contributed by atoms with E-state index < -0.39 is 0 Å². The topological polar surface area (TPSA) is 73.9 Å². The van der Waals surface area contributed by atoms with Crippen molar-refractivity contribution >= 4 is 17.6 Å². The van der Waals surface area contributed by atoms with Crippen LogP contribution in [-0.2, 0) is 11.3 Å². The van der Waals surface area contributed by atoms with Crippen molar-refractivity contribution in [2.75, 3.05) is 44.7 Å². The van der Waals surface area contributed by atoms with Crippen LogP contribution in [0.15, 0.2) is 48.5 Å². The lowest BCUT2D eigenvalue weighted by Crippen LogP contribution is -2.52. The Labute approximate surface area is 171 Å². The average Bonchev–Trinajstić information content (AvgIpc) is 2.77. The van der Waals surface area contributed by atoms with Crippen molar-refractivity contribution in [2.24, 2.45) is 0 Å². The number of rotatable bonds is 6. The molecule has 154 valence electrons. The maximum absolute atomic E-state index is 12.4. The van der Waals surface area contributed by atoms with E-state index in [4.69, 9.17) is 4.74 Å². The molecule has 1 fully saturated rings. The summed E-state index contributed by atoms with van der Waals surface area (Å²) in [5.41, 5.74) is 3.23. The number of methoxy groups -OCH3 is 1. The molecule has 1 aliphatic rings. The van der Waals surface area contributed by atoms with Gasteiger partial charge in [-0.05, 0) is 24.6 Å². The third kappa shape index (κ3) is 5.63. The van der Waals surface area contributed by atoms with Crippen LogP contribution in [0.3, 0.4) is 0 Å². The van der Waals surface area contributed by atoms with Crippen molar-refractivity contribution in [3.63, 3.8) is 0 Å². The summed E-state index contributed by atoms with van der Waals surface area (Å²) in [6.45, 7) is 5.13. The average molecular weight is 396 g/mol. The molecular weight excluding hydrogens is 368 g/mol. The number of hydrogen-bond donors (Lipinski definition) is 2. The van der Waals surface area contributed by atoms with Crippen molar-refractivity contribution in [3.8, 4) is 5.75 Å². The highest BCUT2D eigenvalue weighted by molar-refractivity contribution is 5.84. The third-order valence-electron chi connectivity index (χ3n) is 5.03. The summed E-state index contributed by atoms with van der Waals surface area (Å²) in [6.07, 6.45) is 0. The van der Waals surface area contributed by atoms with Crippen molar-refractivity contribution in [1.29, 1.82) is 0 Å². The molecule has 1 saturated heterocycles. The second-order valence-electron chi connectivity index (χ2n) is 7.06. The highest BCUT2D eigenvalue weighted by Gasteiger charge is 2.22. The number of hydrogen-bond acceptors (Lipinski definition) is 4. The van der Waals surface area contributed by atoms with Crippen molar-refractivity contribution in [1.82, 2.24) is 15.5 Å². The van der Waals surface area contributed by atoms with Gasteiger partial charge in [-0.3, -0.25) is 4.79 Å². The van der Waals surface area contributed by atoms with E-state index in [1.807, 2.05) is 55.5 Å². The zero-order valence-corrected chi connectivity index (χ0v) is 17.0. The number of piperazine rings is 1. The molecule has 0 radical (unpaired) electrons. The molecule has 0 saturated carbocycles. The monoisotopic (exact) mass is 396 g/mol. The number of amides is 3. The van der Waals surface area contributed by atoms with E-state index in [0.717, 1.165) is 30.1 Å². The molecule has 2 N–H and O–H groups in total. The van der Waals surface area contributed by atoms with Gasteiger partial charge in [-0.2, -0.15) is 0 Å². The molecule has 0 unspecified atom stereocenters. The number of ether oxygens (including phenoxy) is 1. The normalized spacial score (nSPS) is 13.7. The third-order valence-corrected chi connectivity index (χ3v) is 5.03. The standard InChI is InChI=1S/C22H28N4O3/c1-17-7-9-18(10-8-17)15-23-22(28)24-16-21(27)26-13-11-25(12-14-26)19-5-3-4-6-20(19)29-2/h3-10H,11-16H2,1-2H3,(H2,23,24,28). The van der Waals surface area contributed by atoms with E-state index in [-0.39, 0.29) is 18.5 Å². The maximum Gasteiger partial charge on any atom is 0.315 e. The van der Waals surface area contributed by atoms with Crippen molar-refractivity contribution in [3.05, 3.63) is 59.7 Å². The molecule has 3 amide bonds. The van der Waals surface area contributed by atoms with Crippen LogP contribution in [0.5, 0.6) is 5.75 Å². The van der Waals surface area contributed by atoms with Crippen LogP contribution in [-0.4, -0.2) is 56.7 Å². The quantitative estimate of drug-likeness (QED) is 0.785. The number of carbonyl (C=O) groups is 2. The van der Waals surface area contributed by atoms with E-state index in [1.54, 1.807) is 12.0 Å². The molecular formula is C22H28N4O3. The fourth-order valence-electron chi connectivity index (χ4n) is 3.31. The Balaban J connectivity index is 1.40. The SMILES string of the molecule is COc1ccccc1N1CCN(C(=O)CNC(=O)NCc2ccc(C)cc2)CC1. The molecule has 0 aliphatic carbocycles. The fraction of sp³-hybridized carbons (Fsp3) is 0.364. The van der Waals surface area contributed by atoms with Crippen molar-refractivity contribution in [2.45, 2.75) is 13.5 Å². The minimum Gasteiger partial charge on any atom is -0.495 e. The predicted molar refractivity (Wildman–Crippen MR) is 113 cm³/mol. The van der Waals surface area contributed by atoms with Gasteiger partial charge in [-0.1, -0.05) is 42.0 Å². The Morgan fingerprint density at radius 2 is 1.66 bits per heavy atom. The number of benzene rings is 2. The van der Waals surface area contributed by atoms with Crippen molar-refractivity contribution < 1.29 is 14.3 Å². The first-order valence-electron chi connectivity index (χ1n) is 9.80. The lowest BCUT2D eigenvalue weighted by Gasteiger charge is -2.36. The van der Waals surface area contributed by atoms with Gasteiger partial charge in [0.2, 0.25) is 5.91 Å². The number of urea groups is 1. The summed E-state index contributed by atoms with van der Waals surface area (Å²) in [7, 11) is 1.66. The van der Waals surface area contributed by atoms with E-state index in [9.17, 15) is 9.59 Å². The lowest BCUT2D eigenvalue weighted by molar-refractivity contribution is -0.130. The molecule has 3 rings (SSSR count). The van der Waals surface area contributed by atoms with Gasteiger partial charge in [0.15, 0.2) is 0 Å². The Morgan fingerprint density at radius 3 is 2.34 bits per heavy atom. The van der Waals surface area contributed by atoms with Gasteiger partial charge in [-0.15, -0.1) is 0 Å². The summed E-state index contributed by atoms with van der Waals surface area (Å²) in [5.74, 6) is 0.759. The van der Waals surface area contributed by atoms with Crippen LogP contribution in [0.25, 0.3) is 0 Å². The zero-order chi connectivity index (χ0) is 20.6. The minimum absolute atomic E-state index is 0.00557. The largest absolute Gasteiger partial charge is 0.495 e. The molecule has 7 nitrogen and oxygen atoms in total. The summed E-state index contributed by atoms with van der Waals surface area (Å²) in [6, 6.07) is 15.5. The summed E-state index contributed by atoms with van der Waals surface area (Å²) in [5, 5.41) is 5.42. The molecule has 1 heterocycles. The lowest BCUT2D eigenvalue weighted by atomic mass is 10.1. The molecule has 0 aromatic heterocycles. The van der Waals surface area contributed by atoms with Crippen LogP contribution in [0.4, 0.5) is 10.5 Å². The molecule has 1 aliphatic heterocycles. The number of para-hydroxylation sites is 2. The van der Waals surface area contributed by atoms with Crippen LogP contribution < -0.4 is 20.3 Å². The van der Waals surface area contributed by atoms with E-state index in [0.29, 0.717) is 19.6 Å². The van der Waals surface area contributed by atoms with Crippen LogP contribution >= 0.6 is 0 Å². The fourth-order valence-corrected chi connectivity index (χ4v) is 3.31. The summed E-state index contributed by atoms with van der Waals surface area (Å²) in [4.78, 5) is 28.4. The zero-order valence-electron chi connectivity index (χ0n) is 17.0. The van der Waals surface area contributed by atoms with Gasteiger partial charge >= 0.3 is 6.03 Å². The molecule has 29 heavy (non-hydrogen) atoms. The van der Waals surface area contributed by atoms with Gasteiger partial charge in [0.25, 0.3) is 0 Å². The predicted octanol–water partition coefficient (Wildman–Crippen LogP) is 2.15. The second kappa shape index (κ2) is 9.82. The number of carbonyl (C=O) groups excluding carboxylic acids is 2. The van der Waals surface area contributed by atoms with Gasteiger partial charge in [0, 0.05) is 32.7 Å². The van der Waals surface area contributed by atoms with Gasteiger partial charge in [0.05, 0.1) is 19.3 Å². The maximum atomic E-state index is 12.4. The smallest absolute Gasteiger partial charge is 0.315 e. The Hall–Kier alpha value is -3.22. The highest BCUT2D eigenvalue weighted by Crippen LogP contribution is 2.28. The minimum atomic E-state index is -0.341. The Morgan fingerprint density at radius 1 is 0.966 bits per heavy atom. The van der Waals surface area contributed by atoms with Crippen LogP contribution in [0.2, 0.25) is 0 Å². The van der Waals surface area contributed by atoms with Crippen LogP contribution in [0, 0.1) is 6.92 Å². The molecule has 7 heteroatoms. The number of anilines is 1. The van der Waals surface area contributed by atoms with Gasteiger partial charge in [0.1, 0.15) is 5.75 Å². The van der Waals surface area contributed by atoms with E-state index in [2.05, 4.69) is 15.5 Å². The van der Waals surface area contributed by atoms with Gasteiger partial charge in [-0.25, -0.2) is 4.79 Å². The summed E-state index contributed by atoms with van der Waals surface area (Å²) >= 11 is 0. The second-order valence-corrected chi connectivity index (χ2v) is 7.06. The summed E-state index contributed by atoms with van der Waals surface area (Å²) < 4.78 is 5.42. The molecule has 0 bridgehead atoms. The molecule has 0 spiro atoms. The molecule has 0 atom stereocenters. The van der Waals surface area contributed by atoms with Gasteiger partial charge < -0.3 is 25.2 Å². The first-order valence-corrected chi connectivity index (χ1v) is 9.80. The Bertz CT molecular complexity index is 830. The Kier molecular flexibility index (Phi) is 6.94. The van der Waals surface area contributed by atoms with E-state index >= 15 is 0 Å². The van der Waals surface area contributed by atoms with Crippen LogP contribution in [0.1, 0.15) is 11.1 Å². The molecule has 2 aromatic rings. The molecule has 2 aromatic carbocycles. The number of aryl methyl sites for hydroxylation is 1. The first-order chi connectivity index (χ1) is 14.1.